The smallest absolute Gasteiger partial charge is 0.254 e. The van der Waals surface area contributed by atoms with E-state index in [2.05, 4.69) is 0 Å². The first kappa shape index (κ1) is 14.7. The number of hydrogen-bond acceptors (Lipinski definition) is 2. The molecule has 2 rings (SSSR count). The Morgan fingerprint density at radius 2 is 1.78 bits per heavy atom. The molecule has 0 aromatic heterocycles. The topological polar surface area (TPSA) is 40.5 Å². The van der Waals surface area contributed by atoms with E-state index in [1.54, 1.807) is 0 Å². The number of piperidine rings is 1. The van der Waals surface area contributed by atoms with E-state index >= 15 is 0 Å². The highest BCUT2D eigenvalue weighted by molar-refractivity contribution is 5.95. The molecule has 1 aliphatic heterocycles. The van der Waals surface area contributed by atoms with Crippen LogP contribution in [0.2, 0.25) is 0 Å². The fourth-order valence-corrected chi connectivity index (χ4v) is 2.05. The van der Waals surface area contributed by atoms with Crippen LogP contribution in [-0.2, 0) is 0 Å². The third-order valence-electron chi connectivity index (χ3n) is 3.13. The van der Waals surface area contributed by atoms with Crippen LogP contribution >= 0.6 is 0 Å². The molecule has 0 saturated carbocycles. The van der Waals surface area contributed by atoms with Gasteiger partial charge >= 0.3 is 0 Å². The van der Waals surface area contributed by atoms with Crippen LogP contribution in [-0.4, -0.2) is 35.1 Å². The molecule has 1 N–H and O–H groups in total. The molecule has 0 radical (unpaired) electrons. The van der Waals surface area contributed by atoms with E-state index in [4.69, 9.17) is 0 Å². The molecule has 3 heteroatoms. The van der Waals surface area contributed by atoms with Gasteiger partial charge in [0.15, 0.2) is 0 Å². The van der Waals surface area contributed by atoms with Crippen LogP contribution in [0.5, 0.6) is 0 Å². The van der Waals surface area contributed by atoms with Crippen LogP contribution in [0.1, 0.15) is 42.6 Å². The van der Waals surface area contributed by atoms with Crippen molar-refractivity contribution in [2.45, 2.75) is 39.7 Å². The first-order valence-corrected chi connectivity index (χ1v) is 6.71. The summed E-state index contributed by atoms with van der Waals surface area (Å²) in [7, 11) is 0. The number of benzene rings is 1. The van der Waals surface area contributed by atoms with Gasteiger partial charge in [-0.05, 0) is 31.4 Å². The van der Waals surface area contributed by atoms with Crippen molar-refractivity contribution in [1.29, 1.82) is 0 Å². The van der Waals surface area contributed by atoms with Gasteiger partial charge in [-0.15, -0.1) is 0 Å². The number of carbonyl (C=O) groups excluding carboxylic acids is 1. The average Bonchev–Trinajstić information content (AvgIpc) is 2.42. The minimum Gasteiger partial charge on any atom is -0.393 e. The maximum Gasteiger partial charge on any atom is 0.254 e. The summed E-state index contributed by atoms with van der Waals surface area (Å²) in [4.78, 5) is 14.0. The summed E-state index contributed by atoms with van der Waals surface area (Å²) in [6.45, 7) is 7.27. The molecule has 100 valence electrons. The lowest BCUT2D eigenvalue weighted by Crippen LogP contribution is -2.40. The van der Waals surface area contributed by atoms with Gasteiger partial charge < -0.3 is 10.0 Å². The van der Waals surface area contributed by atoms with E-state index in [0.717, 1.165) is 11.1 Å². The van der Waals surface area contributed by atoms with Crippen molar-refractivity contribution in [3.05, 3.63) is 35.4 Å². The molecule has 0 bridgehead atoms. The Hall–Kier alpha value is -1.35. The molecule has 1 saturated heterocycles. The molecule has 1 aliphatic rings. The Balaban J connectivity index is 0.000000771. The molecule has 0 aliphatic carbocycles. The zero-order valence-corrected chi connectivity index (χ0v) is 11.5. The van der Waals surface area contributed by atoms with Crippen molar-refractivity contribution < 1.29 is 9.90 Å². The van der Waals surface area contributed by atoms with Crippen molar-refractivity contribution in [3.8, 4) is 0 Å². The van der Waals surface area contributed by atoms with E-state index in [9.17, 15) is 9.90 Å². The van der Waals surface area contributed by atoms with Gasteiger partial charge in [0.05, 0.1) is 6.10 Å². The summed E-state index contributed by atoms with van der Waals surface area (Å²) in [5.41, 5.74) is 1.79. The van der Waals surface area contributed by atoms with Gasteiger partial charge in [0, 0.05) is 18.7 Å². The van der Waals surface area contributed by atoms with Crippen LogP contribution in [0.4, 0.5) is 0 Å². The Kier molecular flexibility index (Phi) is 5.86. The lowest BCUT2D eigenvalue weighted by molar-refractivity contribution is 0.0546. The number of aliphatic hydroxyl groups is 1. The largest absolute Gasteiger partial charge is 0.393 e. The number of nitrogens with zero attached hydrogens (tertiary/aromatic N) is 1. The average molecular weight is 249 g/mol. The van der Waals surface area contributed by atoms with Crippen molar-refractivity contribution in [2.75, 3.05) is 13.1 Å². The molecule has 0 atom stereocenters. The SMILES string of the molecule is CC.Cc1ccccc1C(=O)N1CCC(O)CC1. The molecule has 3 nitrogen and oxygen atoms in total. The molecule has 1 heterocycles. The highest BCUT2D eigenvalue weighted by Gasteiger charge is 2.22. The number of rotatable bonds is 1. The van der Waals surface area contributed by atoms with Crippen molar-refractivity contribution in [2.24, 2.45) is 0 Å². The second-order valence-electron chi connectivity index (χ2n) is 4.34. The Bertz CT molecular complexity index is 382. The van der Waals surface area contributed by atoms with Gasteiger partial charge in [0.25, 0.3) is 5.91 Å². The molecule has 1 aromatic carbocycles. The fraction of sp³-hybridized carbons (Fsp3) is 0.533. The predicted molar refractivity (Wildman–Crippen MR) is 73.7 cm³/mol. The number of amides is 1. The predicted octanol–water partition coefficient (Wildman–Crippen LogP) is 2.62. The third-order valence-corrected chi connectivity index (χ3v) is 3.13. The minimum atomic E-state index is -0.235. The van der Waals surface area contributed by atoms with Gasteiger partial charge in [-0.2, -0.15) is 0 Å². The molecular formula is C15H23NO2. The van der Waals surface area contributed by atoms with Crippen molar-refractivity contribution in [1.82, 2.24) is 4.90 Å². The van der Waals surface area contributed by atoms with E-state index in [1.807, 2.05) is 49.9 Å². The summed E-state index contributed by atoms with van der Waals surface area (Å²) < 4.78 is 0. The van der Waals surface area contributed by atoms with Crippen LogP contribution in [0.25, 0.3) is 0 Å². The number of aryl methyl sites for hydroxylation is 1. The van der Waals surface area contributed by atoms with Gasteiger partial charge in [0.2, 0.25) is 0 Å². The Labute approximate surface area is 109 Å². The first-order valence-electron chi connectivity index (χ1n) is 6.71. The molecule has 0 spiro atoms. The van der Waals surface area contributed by atoms with E-state index < -0.39 is 0 Å². The van der Waals surface area contributed by atoms with Crippen LogP contribution in [0.15, 0.2) is 24.3 Å². The zero-order chi connectivity index (χ0) is 13.5. The van der Waals surface area contributed by atoms with Gasteiger partial charge in [-0.25, -0.2) is 0 Å². The monoisotopic (exact) mass is 249 g/mol. The second-order valence-corrected chi connectivity index (χ2v) is 4.34. The highest BCUT2D eigenvalue weighted by Crippen LogP contribution is 2.15. The lowest BCUT2D eigenvalue weighted by atomic mass is 10.0. The number of hydrogen-bond donors (Lipinski definition) is 1. The quantitative estimate of drug-likeness (QED) is 0.831. The van der Waals surface area contributed by atoms with Crippen LogP contribution < -0.4 is 0 Å². The number of likely N-dealkylation sites (tertiary alicyclic amines) is 1. The maximum atomic E-state index is 12.2. The summed E-state index contributed by atoms with van der Waals surface area (Å²) in [6.07, 6.45) is 1.15. The highest BCUT2D eigenvalue weighted by atomic mass is 16.3. The maximum absolute atomic E-state index is 12.2. The van der Waals surface area contributed by atoms with Crippen LogP contribution in [0.3, 0.4) is 0 Å². The van der Waals surface area contributed by atoms with Gasteiger partial charge in [0.1, 0.15) is 0 Å². The molecular weight excluding hydrogens is 226 g/mol. The third kappa shape index (κ3) is 3.57. The van der Waals surface area contributed by atoms with Gasteiger partial charge in [-0.1, -0.05) is 32.0 Å². The Morgan fingerprint density at radius 3 is 2.33 bits per heavy atom. The van der Waals surface area contributed by atoms with Crippen LogP contribution in [0, 0.1) is 6.92 Å². The molecule has 1 fully saturated rings. The number of carbonyl (C=O) groups is 1. The van der Waals surface area contributed by atoms with Gasteiger partial charge in [-0.3, -0.25) is 4.79 Å². The van der Waals surface area contributed by atoms with E-state index in [1.165, 1.54) is 0 Å². The Morgan fingerprint density at radius 1 is 1.22 bits per heavy atom. The summed E-state index contributed by atoms with van der Waals surface area (Å²) in [5.74, 6) is 0.0880. The molecule has 1 amide bonds. The minimum absolute atomic E-state index is 0.0880. The van der Waals surface area contributed by atoms with E-state index in [0.29, 0.717) is 25.9 Å². The van der Waals surface area contributed by atoms with Crippen molar-refractivity contribution >= 4 is 5.91 Å². The summed E-state index contributed by atoms with van der Waals surface area (Å²) in [6, 6.07) is 7.64. The summed E-state index contributed by atoms with van der Waals surface area (Å²) in [5, 5.41) is 9.40. The number of aliphatic hydroxyl groups excluding tert-OH is 1. The molecule has 1 aromatic rings. The zero-order valence-electron chi connectivity index (χ0n) is 11.5. The van der Waals surface area contributed by atoms with Crippen molar-refractivity contribution in [3.63, 3.8) is 0 Å². The molecule has 18 heavy (non-hydrogen) atoms. The lowest BCUT2D eigenvalue weighted by Gasteiger charge is -2.30. The summed E-state index contributed by atoms with van der Waals surface area (Å²) >= 11 is 0. The fourth-order valence-electron chi connectivity index (χ4n) is 2.05. The normalized spacial score (nSPS) is 15.9. The standard InChI is InChI=1S/C13H17NO2.C2H6/c1-10-4-2-3-5-12(10)13(16)14-8-6-11(15)7-9-14;1-2/h2-5,11,15H,6-9H2,1H3;1-2H3. The van der Waals surface area contributed by atoms with E-state index in [-0.39, 0.29) is 12.0 Å². The second kappa shape index (κ2) is 7.17. The molecule has 0 unspecified atom stereocenters. The first-order chi connectivity index (χ1) is 8.68.